The van der Waals surface area contributed by atoms with Gasteiger partial charge in [0.2, 0.25) is 11.8 Å². The van der Waals surface area contributed by atoms with Crippen molar-refractivity contribution in [3.05, 3.63) is 42.5 Å². The van der Waals surface area contributed by atoms with E-state index < -0.39 is 5.92 Å². The first-order chi connectivity index (χ1) is 13.0. The summed E-state index contributed by atoms with van der Waals surface area (Å²) in [5, 5.41) is 2.85. The summed E-state index contributed by atoms with van der Waals surface area (Å²) in [6.45, 7) is 0.298. The average Bonchev–Trinajstić information content (AvgIpc) is 3.09. The second-order valence-corrected chi connectivity index (χ2v) is 6.17. The summed E-state index contributed by atoms with van der Waals surface area (Å²) in [6, 6.07) is 12.4. The van der Waals surface area contributed by atoms with E-state index in [2.05, 4.69) is 5.32 Å². The maximum Gasteiger partial charge on any atom is 0.229 e. The molecule has 0 spiro atoms. The van der Waals surface area contributed by atoms with Crippen molar-refractivity contribution in [1.82, 2.24) is 0 Å². The van der Waals surface area contributed by atoms with Gasteiger partial charge in [0.1, 0.15) is 17.2 Å². The number of carbonyl (C=O) groups excluding carboxylic acids is 2. The molecule has 2 aromatic carbocycles. The topological polar surface area (TPSA) is 77.1 Å². The molecule has 7 nitrogen and oxygen atoms in total. The van der Waals surface area contributed by atoms with Crippen LogP contribution >= 0.6 is 0 Å². The average molecular weight is 370 g/mol. The van der Waals surface area contributed by atoms with Gasteiger partial charge in [0, 0.05) is 36.9 Å². The van der Waals surface area contributed by atoms with Crippen LogP contribution in [0.5, 0.6) is 17.2 Å². The molecule has 1 aliphatic heterocycles. The van der Waals surface area contributed by atoms with Crippen molar-refractivity contribution < 1.29 is 23.8 Å². The van der Waals surface area contributed by atoms with E-state index in [4.69, 9.17) is 14.2 Å². The summed E-state index contributed by atoms with van der Waals surface area (Å²) in [6.07, 6.45) is 0.144. The lowest BCUT2D eigenvalue weighted by atomic mass is 10.1. The maximum atomic E-state index is 12.7. The minimum atomic E-state index is -0.459. The lowest BCUT2D eigenvalue weighted by Gasteiger charge is -2.19. The Hall–Kier alpha value is -3.22. The molecular weight excluding hydrogens is 348 g/mol. The van der Waals surface area contributed by atoms with Crippen molar-refractivity contribution >= 4 is 23.2 Å². The summed E-state index contributed by atoms with van der Waals surface area (Å²) in [4.78, 5) is 26.7. The summed E-state index contributed by atoms with van der Waals surface area (Å²) < 4.78 is 15.8. The largest absolute Gasteiger partial charge is 0.497 e. The highest BCUT2D eigenvalue weighted by atomic mass is 16.5. The number of anilines is 2. The van der Waals surface area contributed by atoms with E-state index in [0.717, 1.165) is 0 Å². The third-order valence-electron chi connectivity index (χ3n) is 4.49. The highest BCUT2D eigenvalue weighted by molar-refractivity contribution is 6.04. The van der Waals surface area contributed by atoms with Gasteiger partial charge in [-0.1, -0.05) is 12.1 Å². The zero-order valence-corrected chi connectivity index (χ0v) is 15.5. The van der Waals surface area contributed by atoms with Gasteiger partial charge >= 0.3 is 0 Å². The zero-order valence-electron chi connectivity index (χ0n) is 15.5. The number of rotatable bonds is 6. The molecule has 1 heterocycles. The number of hydrogen-bond donors (Lipinski definition) is 1. The Morgan fingerprint density at radius 2 is 1.70 bits per heavy atom. The van der Waals surface area contributed by atoms with E-state index in [1.54, 1.807) is 50.5 Å². The van der Waals surface area contributed by atoms with Crippen molar-refractivity contribution in [3.8, 4) is 17.2 Å². The van der Waals surface area contributed by atoms with Crippen LogP contribution in [0, 0.1) is 5.92 Å². The van der Waals surface area contributed by atoms with Crippen LogP contribution < -0.4 is 24.4 Å². The van der Waals surface area contributed by atoms with Crippen LogP contribution in [0.4, 0.5) is 11.4 Å². The third kappa shape index (κ3) is 3.97. The molecule has 0 aliphatic carbocycles. The number of para-hydroxylation sites is 2. The predicted molar refractivity (Wildman–Crippen MR) is 102 cm³/mol. The van der Waals surface area contributed by atoms with Crippen LogP contribution in [-0.4, -0.2) is 39.7 Å². The van der Waals surface area contributed by atoms with Crippen molar-refractivity contribution in [2.24, 2.45) is 5.92 Å². The number of nitrogens with zero attached hydrogens (tertiary/aromatic N) is 1. The monoisotopic (exact) mass is 370 g/mol. The highest BCUT2D eigenvalue weighted by Gasteiger charge is 2.36. The Morgan fingerprint density at radius 1 is 1.04 bits per heavy atom. The van der Waals surface area contributed by atoms with Gasteiger partial charge < -0.3 is 24.4 Å². The van der Waals surface area contributed by atoms with Crippen molar-refractivity contribution in [3.63, 3.8) is 0 Å². The van der Waals surface area contributed by atoms with Gasteiger partial charge in [0.15, 0.2) is 0 Å². The molecule has 1 N–H and O–H groups in total. The Kier molecular flexibility index (Phi) is 5.49. The third-order valence-corrected chi connectivity index (χ3v) is 4.49. The molecule has 3 rings (SSSR count). The summed E-state index contributed by atoms with van der Waals surface area (Å²) in [5.41, 5.74) is 1.22. The molecule has 2 amide bonds. The Bertz CT molecular complexity index is 830. The van der Waals surface area contributed by atoms with Gasteiger partial charge in [-0.2, -0.15) is 0 Å². The molecule has 142 valence electrons. The SMILES string of the molecule is COc1cc(NC(=O)[C@H]2CC(=O)N(c3ccccc3OC)C2)cc(OC)c1. The maximum absolute atomic E-state index is 12.7. The quantitative estimate of drug-likeness (QED) is 0.846. The van der Waals surface area contributed by atoms with Crippen molar-refractivity contribution in [2.75, 3.05) is 38.1 Å². The van der Waals surface area contributed by atoms with Crippen LogP contribution in [0.25, 0.3) is 0 Å². The molecule has 0 bridgehead atoms. The fraction of sp³-hybridized carbons (Fsp3) is 0.300. The molecule has 0 radical (unpaired) electrons. The minimum absolute atomic E-state index is 0.108. The van der Waals surface area contributed by atoms with Gasteiger partial charge in [-0.25, -0.2) is 0 Å². The van der Waals surface area contributed by atoms with Crippen LogP contribution in [-0.2, 0) is 9.59 Å². The molecule has 2 aromatic rings. The van der Waals surface area contributed by atoms with E-state index in [1.165, 1.54) is 0 Å². The van der Waals surface area contributed by atoms with Crippen LogP contribution in [0.15, 0.2) is 42.5 Å². The lowest BCUT2D eigenvalue weighted by molar-refractivity contribution is -0.122. The van der Waals surface area contributed by atoms with Crippen LogP contribution in [0.2, 0.25) is 0 Å². The highest BCUT2D eigenvalue weighted by Crippen LogP contribution is 2.33. The summed E-state index contributed by atoms with van der Waals surface area (Å²) in [5.74, 6) is 0.952. The van der Waals surface area contributed by atoms with Gasteiger partial charge in [-0.05, 0) is 12.1 Å². The normalized spacial score (nSPS) is 16.2. The first-order valence-electron chi connectivity index (χ1n) is 8.53. The molecule has 0 saturated carbocycles. The molecule has 1 aliphatic rings. The minimum Gasteiger partial charge on any atom is -0.497 e. The number of methoxy groups -OCH3 is 3. The Balaban J connectivity index is 1.74. The van der Waals surface area contributed by atoms with E-state index in [1.807, 2.05) is 18.2 Å². The van der Waals surface area contributed by atoms with Gasteiger partial charge in [0.25, 0.3) is 0 Å². The molecule has 0 aromatic heterocycles. The number of benzene rings is 2. The smallest absolute Gasteiger partial charge is 0.229 e. The zero-order chi connectivity index (χ0) is 19.4. The molecule has 0 unspecified atom stereocenters. The van der Waals surface area contributed by atoms with Crippen molar-refractivity contribution in [2.45, 2.75) is 6.42 Å². The van der Waals surface area contributed by atoms with Gasteiger partial charge in [-0.15, -0.1) is 0 Å². The van der Waals surface area contributed by atoms with Crippen molar-refractivity contribution in [1.29, 1.82) is 0 Å². The van der Waals surface area contributed by atoms with Crippen LogP contribution in [0.1, 0.15) is 6.42 Å². The fourth-order valence-electron chi connectivity index (χ4n) is 3.09. The molecule has 1 saturated heterocycles. The summed E-state index contributed by atoms with van der Waals surface area (Å²) >= 11 is 0. The van der Waals surface area contributed by atoms with E-state index in [0.29, 0.717) is 35.2 Å². The number of amides is 2. The molecule has 7 heteroatoms. The van der Waals surface area contributed by atoms with E-state index in [9.17, 15) is 9.59 Å². The Labute approximate surface area is 157 Å². The molecule has 27 heavy (non-hydrogen) atoms. The van der Waals surface area contributed by atoms with E-state index >= 15 is 0 Å². The number of ether oxygens (including phenoxy) is 3. The van der Waals surface area contributed by atoms with Crippen LogP contribution in [0.3, 0.4) is 0 Å². The second-order valence-electron chi connectivity index (χ2n) is 6.17. The lowest BCUT2D eigenvalue weighted by Crippen LogP contribution is -2.28. The Morgan fingerprint density at radius 3 is 2.33 bits per heavy atom. The first-order valence-corrected chi connectivity index (χ1v) is 8.53. The van der Waals surface area contributed by atoms with Gasteiger partial charge in [-0.3, -0.25) is 9.59 Å². The second kappa shape index (κ2) is 7.99. The number of nitrogens with one attached hydrogen (secondary N) is 1. The van der Waals surface area contributed by atoms with E-state index in [-0.39, 0.29) is 18.2 Å². The number of hydrogen-bond acceptors (Lipinski definition) is 5. The molecule has 1 fully saturated rings. The standard InChI is InChI=1S/C20H22N2O5/c1-25-15-9-14(10-16(11-15)26-2)21-20(24)13-8-19(23)22(12-13)17-6-4-5-7-18(17)27-3/h4-7,9-11,13H,8,12H2,1-3H3,(H,21,24)/t13-/m0/s1. The number of carbonyl (C=O) groups is 2. The first kappa shape index (κ1) is 18.6. The predicted octanol–water partition coefficient (Wildman–Crippen LogP) is 2.70. The molecule has 1 atom stereocenters. The van der Waals surface area contributed by atoms with Gasteiger partial charge in [0.05, 0.1) is 32.9 Å². The summed E-state index contributed by atoms with van der Waals surface area (Å²) in [7, 11) is 4.64. The fourth-order valence-corrected chi connectivity index (χ4v) is 3.09. The molecular formula is C20H22N2O5.